The van der Waals surface area contributed by atoms with Crippen molar-refractivity contribution in [3.8, 4) is 0 Å². The predicted molar refractivity (Wildman–Crippen MR) is 54.8 cm³/mol. The number of alkyl halides is 3. The Hall–Kier alpha value is -2.65. The molecule has 0 atom stereocenters. The van der Waals surface area contributed by atoms with E-state index in [0.29, 0.717) is 0 Å². The molecule has 2 N–H and O–H groups in total. The molecule has 0 saturated carbocycles. The number of nitro groups is 1. The number of amides is 2. The summed E-state index contributed by atoms with van der Waals surface area (Å²) in [5.74, 6) is -3.47. The van der Waals surface area contributed by atoms with Crippen molar-refractivity contribution in [3.05, 3.63) is 39.9 Å². The van der Waals surface area contributed by atoms with E-state index in [1.54, 1.807) is 0 Å². The number of carbonyl (C=O) groups excluding carboxylic acids is 2. The molecule has 1 aromatic carbocycles. The second kappa shape index (κ2) is 5.33. The number of benzene rings is 1. The van der Waals surface area contributed by atoms with Gasteiger partial charge in [-0.3, -0.25) is 30.6 Å². The lowest BCUT2D eigenvalue weighted by atomic mass is 10.2. The molecule has 0 aromatic heterocycles. The lowest BCUT2D eigenvalue weighted by Crippen LogP contribution is -2.47. The third kappa shape index (κ3) is 3.94. The van der Waals surface area contributed by atoms with Gasteiger partial charge in [-0.1, -0.05) is 6.07 Å². The summed E-state index contributed by atoms with van der Waals surface area (Å²) in [6, 6.07) is 4.28. The Morgan fingerprint density at radius 3 is 2.37 bits per heavy atom. The van der Waals surface area contributed by atoms with Gasteiger partial charge in [0.15, 0.2) is 0 Å². The van der Waals surface area contributed by atoms with Crippen molar-refractivity contribution < 1.29 is 27.7 Å². The predicted octanol–water partition coefficient (Wildman–Crippen LogP) is 0.918. The van der Waals surface area contributed by atoms with Gasteiger partial charge in [-0.05, 0) is 6.07 Å². The molecule has 2 amide bonds. The van der Waals surface area contributed by atoms with E-state index in [1.165, 1.54) is 11.5 Å². The minimum Gasteiger partial charge on any atom is -0.267 e. The van der Waals surface area contributed by atoms with Gasteiger partial charge in [-0.15, -0.1) is 0 Å². The standard InChI is InChI=1S/C9H6F3N3O4/c10-9(11,12)8(17)14-13-7(16)5-2-1-3-6(4-5)15(18)19/h1-4H,(H,13,16)(H,14,17). The molecule has 1 rings (SSSR count). The zero-order valence-electron chi connectivity index (χ0n) is 9.02. The SMILES string of the molecule is O=C(NNC(=O)C(F)(F)F)c1cccc([N+](=O)[O-])c1. The van der Waals surface area contributed by atoms with Crippen LogP contribution in [-0.4, -0.2) is 22.9 Å². The monoisotopic (exact) mass is 277 g/mol. The van der Waals surface area contributed by atoms with Gasteiger partial charge >= 0.3 is 12.1 Å². The normalized spacial score (nSPS) is 10.7. The second-order valence-corrected chi connectivity index (χ2v) is 3.21. The fourth-order valence-corrected chi connectivity index (χ4v) is 1.02. The van der Waals surface area contributed by atoms with E-state index < -0.39 is 28.6 Å². The van der Waals surface area contributed by atoms with Crippen LogP contribution in [0.4, 0.5) is 18.9 Å². The molecule has 0 aliphatic heterocycles. The molecule has 10 heteroatoms. The molecule has 0 aliphatic rings. The van der Waals surface area contributed by atoms with Gasteiger partial charge in [-0.2, -0.15) is 13.2 Å². The first-order chi connectivity index (χ1) is 8.71. The van der Waals surface area contributed by atoms with Crippen LogP contribution in [0, 0.1) is 10.1 Å². The summed E-state index contributed by atoms with van der Waals surface area (Å²) in [6.07, 6.45) is -5.14. The molecule has 19 heavy (non-hydrogen) atoms. The van der Waals surface area contributed by atoms with Crippen LogP contribution in [0.1, 0.15) is 10.4 Å². The van der Waals surface area contributed by atoms with E-state index in [0.717, 1.165) is 23.6 Å². The molecule has 0 aliphatic carbocycles. The van der Waals surface area contributed by atoms with Crippen molar-refractivity contribution in [3.63, 3.8) is 0 Å². The first-order valence-electron chi connectivity index (χ1n) is 4.64. The lowest BCUT2D eigenvalue weighted by Gasteiger charge is -2.08. The van der Waals surface area contributed by atoms with Crippen molar-refractivity contribution >= 4 is 17.5 Å². The maximum Gasteiger partial charge on any atom is 0.472 e. The third-order valence-corrected chi connectivity index (χ3v) is 1.87. The van der Waals surface area contributed by atoms with E-state index in [4.69, 9.17) is 0 Å². The third-order valence-electron chi connectivity index (χ3n) is 1.87. The topological polar surface area (TPSA) is 101 Å². The molecular formula is C9H6F3N3O4. The Labute approximate surface area is 103 Å². The summed E-state index contributed by atoms with van der Waals surface area (Å²) in [4.78, 5) is 31.4. The number of carbonyl (C=O) groups is 2. The van der Waals surface area contributed by atoms with Crippen molar-refractivity contribution in [2.75, 3.05) is 0 Å². The van der Waals surface area contributed by atoms with E-state index in [1.807, 2.05) is 0 Å². The average molecular weight is 277 g/mol. The van der Waals surface area contributed by atoms with Crippen LogP contribution >= 0.6 is 0 Å². The highest BCUT2D eigenvalue weighted by Crippen LogP contribution is 2.14. The Balaban J connectivity index is 2.72. The van der Waals surface area contributed by atoms with E-state index >= 15 is 0 Å². The molecular weight excluding hydrogens is 271 g/mol. The van der Waals surface area contributed by atoms with Crippen LogP contribution < -0.4 is 10.9 Å². The second-order valence-electron chi connectivity index (χ2n) is 3.21. The lowest BCUT2D eigenvalue weighted by molar-refractivity contribution is -0.384. The van der Waals surface area contributed by atoms with Crippen LogP contribution in [0.25, 0.3) is 0 Å². The molecule has 7 nitrogen and oxygen atoms in total. The number of nitrogens with zero attached hydrogens (tertiary/aromatic N) is 1. The summed E-state index contributed by atoms with van der Waals surface area (Å²) >= 11 is 0. The Morgan fingerprint density at radius 2 is 1.84 bits per heavy atom. The highest BCUT2D eigenvalue weighted by molar-refractivity contribution is 5.96. The molecule has 0 saturated heterocycles. The molecule has 0 spiro atoms. The van der Waals surface area contributed by atoms with Crippen LogP contribution in [0.5, 0.6) is 0 Å². The van der Waals surface area contributed by atoms with Crippen molar-refractivity contribution in [1.82, 2.24) is 10.9 Å². The minimum absolute atomic E-state index is 0.267. The molecule has 0 heterocycles. The van der Waals surface area contributed by atoms with E-state index in [-0.39, 0.29) is 5.56 Å². The fourth-order valence-electron chi connectivity index (χ4n) is 1.02. The number of hydrogen-bond acceptors (Lipinski definition) is 4. The van der Waals surface area contributed by atoms with Gasteiger partial charge in [0, 0.05) is 17.7 Å². The maximum atomic E-state index is 11.8. The van der Waals surface area contributed by atoms with E-state index in [2.05, 4.69) is 0 Å². The smallest absolute Gasteiger partial charge is 0.267 e. The van der Waals surface area contributed by atoms with E-state index in [9.17, 15) is 32.9 Å². The summed E-state index contributed by atoms with van der Waals surface area (Å²) in [7, 11) is 0. The molecule has 1 aromatic rings. The highest BCUT2D eigenvalue weighted by atomic mass is 19.4. The highest BCUT2D eigenvalue weighted by Gasteiger charge is 2.39. The molecule has 0 unspecified atom stereocenters. The summed E-state index contributed by atoms with van der Waals surface area (Å²) in [5.41, 5.74) is 1.95. The fraction of sp³-hybridized carbons (Fsp3) is 0.111. The molecule has 102 valence electrons. The van der Waals surface area contributed by atoms with Crippen LogP contribution in [0.2, 0.25) is 0 Å². The number of hydrazine groups is 1. The Kier molecular flexibility index (Phi) is 4.04. The van der Waals surface area contributed by atoms with Gasteiger partial charge < -0.3 is 0 Å². The number of halogens is 3. The minimum atomic E-state index is -5.14. The number of hydrogen-bond donors (Lipinski definition) is 2. The van der Waals surface area contributed by atoms with Gasteiger partial charge in [0.2, 0.25) is 0 Å². The van der Waals surface area contributed by atoms with Crippen molar-refractivity contribution in [2.45, 2.75) is 6.18 Å². The van der Waals surface area contributed by atoms with Gasteiger partial charge in [0.25, 0.3) is 11.6 Å². The van der Waals surface area contributed by atoms with Crippen LogP contribution in [-0.2, 0) is 4.79 Å². The van der Waals surface area contributed by atoms with Crippen LogP contribution in [0.15, 0.2) is 24.3 Å². The Bertz CT molecular complexity index is 530. The van der Waals surface area contributed by atoms with Gasteiger partial charge in [0.1, 0.15) is 0 Å². The number of non-ortho nitro benzene ring substituents is 1. The number of rotatable bonds is 2. The zero-order chi connectivity index (χ0) is 14.6. The molecule has 0 bridgehead atoms. The molecule has 0 radical (unpaired) electrons. The first-order valence-corrected chi connectivity index (χ1v) is 4.64. The Morgan fingerprint density at radius 1 is 1.21 bits per heavy atom. The average Bonchev–Trinajstić information content (AvgIpc) is 2.34. The van der Waals surface area contributed by atoms with Crippen LogP contribution in [0.3, 0.4) is 0 Å². The van der Waals surface area contributed by atoms with Crippen molar-refractivity contribution in [2.24, 2.45) is 0 Å². The number of nitro benzene ring substituents is 1. The maximum absolute atomic E-state index is 11.8. The van der Waals surface area contributed by atoms with Crippen molar-refractivity contribution in [1.29, 1.82) is 0 Å². The summed E-state index contributed by atoms with van der Waals surface area (Å²) in [6.45, 7) is 0. The number of nitrogens with one attached hydrogen (secondary N) is 2. The van der Waals surface area contributed by atoms with Gasteiger partial charge in [0.05, 0.1) is 4.92 Å². The summed E-state index contributed by atoms with van der Waals surface area (Å²) < 4.78 is 35.5. The summed E-state index contributed by atoms with van der Waals surface area (Å²) in [5, 5.41) is 10.4. The quantitative estimate of drug-likeness (QED) is 0.619. The zero-order valence-corrected chi connectivity index (χ0v) is 9.02. The first kappa shape index (κ1) is 14.4. The molecule has 0 fully saturated rings. The largest absolute Gasteiger partial charge is 0.472 e. The van der Waals surface area contributed by atoms with Gasteiger partial charge in [-0.25, -0.2) is 0 Å².